The van der Waals surface area contributed by atoms with Gasteiger partial charge in [0, 0.05) is 5.56 Å². The van der Waals surface area contributed by atoms with Gasteiger partial charge in [0.15, 0.2) is 0 Å². The fourth-order valence-electron chi connectivity index (χ4n) is 1.98. The first-order valence-electron chi connectivity index (χ1n) is 6.38. The molecule has 0 bridgehead atoms. The van der Waals surface area contributed by atoms with E-state index in [1.54, 1.807) is 6.07 Å². The standard InChI is InChI=1S/C17H14N2O/c18-17-12-6-10-15(19-17)14-9-4-5-11-16(14)20-13-7-2-1-3-8-13/h1-12H,(H2,18,19). The molecule has 2 aromatic carbocycles. The van der Waals surface area contributed by atoms with Crippen molar-refractivity contribution >= 4 is 5.82 Å². The van der Waals surface area contributed by atoms with Crippen molar-refractivity contribution in [2.24, 2.45) is 0 Å². The van der Waals surface area contributed by atoms with Gasteiger partial charge in [-0.2, -0.15) is 0 Å². The lowest BCUT2D eigenvalue weighted by Crippen LogP contribution is -1.93. The molecule has 3 aromatic rings. The summed E-state index contributed by atoms with van der Waals surface area (Å²) in [6.45, 7) is 0. The normalized spacial score (nSPS) is 10.2. The minimum atomic E-state index is 0.497. The van der Waals surface area contributed by atoms with E-state index in [0.717, 1.165) is 22.8 Å². The fourth-order valence-corrected chi connectivity index (χ4v) is 1.98. The van der Waals surface area contributed by atoms with Gasteiger partial charge in [-0.1, -0.05) is 36.4 Å². The monoisotopic (exact) mass is 262 g/mol. The molecule has 3 nitrogen and oxygen atoms in total. The van der Waals surface area contributed by atoms with Crippen molar-refractivity contribution in [1.82, 2.24) is 4.98 Å². The number of hydrogen-bond donors (Lipinski definition) is 1. The molecule has 1 aromatic heterocycles. The number of para-hydroxylation sites is 2. The van der Waals surface area contributed by atoms with E-state index in [9.17, 15) is 0 Å². The minimum Gasteiger partial charge on any atom is -0.457 e. The highest BCUT2D eigenvalue weighted by molar-refractivity contribution is 5.68. The van der Waals surface area contributed by atoms with E-state index in [4.69, 9.17) is 10.5 Å². The average molecular weight is 262 g/mol. The molecule has 3 rings (SSSR count). The Bertz CT molecular complexity index is 711. The zero-order valence-corrected chi connectivity index (χ0v) is 10.9. The minimum absolute atomic E-state index is 0.497. The number of nitrogens with zero attached hydrogens (tertiary/aromatic N) is 1. The molecule has 98 valence electrons. The van der Waals surface area contributed by atoms with Crippen LogP contribution in [0.1, 0.15) is 0 Å². The van der Waals surface area contributed by atoms with Crippen molar-refractivity contribution in [2.75, 3.05) is 5.73 Å². The molecule has 0 spiro atoms. The SMILES string of the molecule is Nc1cccc(-c2ccccc2Oc2ccccc2)n1. The van der Waals surface area contributed by atoms with Crippen LogP contribution in [0.15, 0.2) is 72.8 Å². The van der Waals surface area contributed by atoms with Crippen LogP contribution in [0.2, 0.25) is 0 Å². The van der Waals surface area contributed by atoms with Gasteiger partial charge in [0.2, 0.25) is 0 Å². The van der Waals surface area contributed by atoms with Gasteiger partial charge in [-0.25, -0.2) is 4.98 Å². The third-order valence-corrected chi connectivity index (χ3v) is 2.90. The number of anilines is 1. The van der Waals surface area contributed by atoms with Crippen molar-refractivity contribution < 1.29 is 4.74 Å². The quantitative estimate of drug-likeness (QED) is 0.772. The predicted molar refractivity (Wildman–Crippen MR) is 80.6 cm³/mol. The molecular weight excluding hydrogens is 248 g/mol. The Labute approximate surface area is 117 Å². The number of hydrogen-bond acceptors (Lipinski definition) is 3. The highest BCUT2D eigenvalue weighted by Gasteiger charge is 2.08. The highest BCUT2D eigenvalue weighted by atomic mass is 16.5. The van der Waals surface area contributed by atoms with E-state index in [1.807, 2.05) is 66.7 Å². The third-order valence-electron chi connectivity index (χ3n) is 2.90. The van der Waals surface area contributed by atoms with Crippen LogP contribution < -0.4 is 10.5 Å². The maximum atomic E-state index is 5.92. The number of rotatable bonds is 3. The Morgan fingerprint density at radius 1 is 0.750 bits per heavy atom. The van der Waals surface area contributed by atoms with Crippen LogP contribution >= 0.6 is 0 Å². The van der Waals surface area contributed by atoms with Crippen LogP contribution in [0.3, 0.4) is 0 Å². The van der Waals surface area contributed by atoms with Crippen LogP contribution in [-0.2, 0) is 0 Å². The van der Waals surface area contributed by atoms with Crippen LogP contribution in [0, 0.1) is 0 Å². The van der Waals surface area contributed by atoms with Gasteiger partial charge in [-0.15, -0.1) is 0 Å². The van der Waals surface area contributed by atoms with Crippen molar-refractivity contribution in [3.8, 4) is 22.8 Å². The third kappa shape index (κ3) is 2.62. The molecule has 0 aliphatic carbocycles. The number of ether oxygens (including phenoxy) is 1. The molecular formula is C17H14N2O. The Morgan fingerprint density at radius 2 is 1.50 bits per heavy atom. The number of aromatic nitrogens is 1. The largest absolute Gasteiger partial charge is 0.457 e. The Hall–Kier alpha value is -2.81. The summed E-state index contributed by atoms with van der Waals surface area (Å²) < 4.78 is 5.92. The molecule has 0 amide bonds. The van der Waals surface area contributed by atoms with Crippen LogP contribution in [-0.4, -0.2) is 4.98 Å². The lowest BCUT2D eigenvalue weighted by Gasteiger charge is -2.10. The number of pyridine rings is 1. The summed E-state index contributed by atoms with van der Waals surface area (Å²) in [5, 5.41) is 0. The smallest absolute Gasteiger partial charge is 0.136 e. The first-order valence-corrected chi connectivity index (χ1v) is 6.38. The Balaban J connectivity index is 2.00. The second-order valence-electron chi connectivity index (χ2n) is 4.36. The van der Waals surface area contributed by atoms with E-state index in [-0.39, 0.29) is 0 Å². The molecule has 0 radical (unpaired) electrons. The lowest BCUT2D eigenvalue weighted by molar-refractivity contribution is 0.484. The zero-order chi connectivity index (χ0) is 13.8. The second kappa shape index (κ2) is 5.45. The molecule has 3 heteroatoms. The summed E-state index contributed by atoms with van der Waals surface area (Å²) in [5.41, 5.74) is 7.47. The first kappa shape index (κ1) is 12.2. The fraction of sp³-hybridized carbons (Fsp3) is 0. The van der Waals surface area contributed by atoms with Gasteiger partial charge in [0.05, 0.1) is 5.69 Å². The maximum absolute atomic E-state index is 5.92. The van der Waals surface area contributed by atoms with Gasteiger partial charge in [-0.3, -0.25) is 0 Å². The van der Waals surface area contributed by atoms with Crippen molar-refractivity contribution in [2.45, 2.75) is 0 Å². The average Bonchev–Trinajstić information content (AvgIpc) is 2.49. The molecule has 0 unspecified atom stereocenters. The number of nitrogen functional groups attached to an aromatic ring is 1. The zero-order valence-electron chi connectivity index (χ0n) is 10.9. The molecule has 2 N–H and O–H groups in total. The van der Waals surface area contributed by atoms with Crippen LogP contribution in [0.4, 0.5) is 5.82 Å². The van der Waals surface area contributed by atoms with Crippen LogP contribution in [0.5, 0.6) is 11.5 Å². The van der Waals surface area contributed by atoms with E-state index >= 15 is 0 Å². The number of benzene rings is 2. The van der Waals surface area contributed by atoms with Gasteiger partial charge in [0.1, 0.15) is 17.3 Å². The van der Waals surface area contributed by atoms with E-state index in [2.05, 4.69) is 4.98 Å². The molecule has 1 heterocycles. The van der Waals surface area contributed by atoms with Gasteiger partial charge < -0.3 is 10.5 Å². The summed E-state index contributed by atoms with van der Waals surface area (Å²) in [5.74, 6) is 2.05. The molecule has 20 heavy (non-hydrogen) atoms. The van der Waals surface area contributed by atoms with E-state index in [0.29, 0.717) is 5.82 Å². The molecule has 0 atom stereocenters. The van der Waals surface area contributed by atoms with Gasteiger partial charge in [0.25, 0.3) is 0 Å². The molecule has 0 saturated heterocycles. The summed E-state index contributed by atoms with van der Waals surface area (Å²) in [6.07, 6.45) is 0. The lowest BCUT2D eigenvalue weighted by atomic mass is 10.1. The van der Waals surface area contributed by atoms with Crippen LogP contribution in [0.25, 0.3) is 11.3 Å². The predicted octanol–water partition coefficient (Wildman–Crippen LogP) is 4.12. The molecule has 0 aliphatic heterocycles. The van der Waals surface area contributed by atoms with Gasteiger partial charge in [-0.05, 0) is 36.4 Å². The Kier molecular flexibility index (Phi) is 3.33. The van der Waals surface area contributed by atoms with E-state index in [1.165, 1.54) is 0 Å². The summed E-state index contributed by atoms with van der Waals surface area (Å²) >= 11 is 0. The Morgan fingerprint density at radius 3 is 2.30 bits per heavy atom. The van der Waals surface area contributed by atoms with Gasteiger partial charge >= 0.3 is 0 Å². The van der Waals surface area contributed by atoms with Crippen molar-refractivity contribution in [1.29, 1.82) is 0 Å². The highest BCUT2D eigenvalue weighted by Crippen LogP contribution is 2.32. The topological polar surface area (TPSA) is 48.1 Å². The molecule has 0 fully saturated rings. The molecule has 0 aliphatic rings. The first-order chi connectivity index (χ1) is 9.83. The van der Waals surface area contributed by atoms with Crippen molar-refractivity contribution in [3.63, 3.8) is 0 Å². The summed E-state index contributed by atoms with van der Waals surface area (Å²) in [6, 6.07) is 23.0. The maximum Gasteiger partial charge on any atom is 0.136 e. The summed E-state index contributed by atoms with van der Waals surface area (Å²) in [4.78, 5) is 4.34. The second-order valence-corrected chi connectivity index (χ2v) is 4.36. The summed E-state index contributed by atoms with van der Waals surface area (Å²) in [7, 11) is 0. The van der Waals surface area contributed by atoms with E-state index < -0.39 is 0 Å². The number of nitrogens with two attached hydrogens (primary N) is 1. The molecule has 0 saturated carbocycles. The van der Waals surface area contributed by atoms with Crippen molar-refractivity contribution in [3.05, 3.63) is 72.8 Å².